The van der Waals surface area contributed by atoms with Crippen LogP contribution in [-0.4, -0.2) is 11.8 Å². The van der Waals surface area contributed by atoms with Crippen molar-refractivity contribution in [2.45, 2.75) is 13.8 Å². The van der Waals surface area contributed by atoms with Crippen molar-refractivity contribution >= 4 is 11.8 Å². The number of amides is 2. The first kappa shape index (κ1) is 8.94. The van der Waals surface area contributed by atoms with Crippen molar-refractivity contribution in [3.8, 4) is 0 Å². The van der Waals surface area contributed by atoms with Gasteiger partial charge in [0.05, 0.1) is 11.8 Å². The summed E-state index contributed by atoms with van der Waals surface area (Å²) in [5, 5.41) is 0. The van der Waals surface area contributed by atoms with E-state index in [4.69, 9.17) is 11.5 Å². The fourth-order valence-corrected chi connectivity index (χ4v) is 0.427. The maximum atomic E-state index is 10.4. The Kier molecular flexibility index (Phi) is 2.86. The molecule has 0 aromatic carbocycles. The molecule has 0 aliphatic rings. The van der Waals surface area contributed by atoms with Crippen LogP contribution >= 0.6 is 0 Å². The first-order chi connectivity index (χ1) is 4.46. The zero-order valence-corrected chi connectivity index (χ0v) is 6.05. The lowest BCUT2D eigenvalue weighted by molar-refractivity contribution is -0.124. The fourth-order valence-electron chi connectivity index (χ4n) is 0.427. The molecule has 0 saturated carbocycles. The Hall–Kier alpha value is -1.06. The first-order valence-corrected chi connectivity index (χ1v) is 2.89. The quantitative estimate of drug-likeness (QED) is 0.541. The summed E-state index contributed by atoms with van der Waals surface area (Å²) < 4.78 is 0. The van der Waals surface area contributed by atoms with E-state index in [9.17, 15) is 9.59 Å². The molecular formula is C6H11N2O2. The van der Waals surface area contributed by atoms with Gasteiger partial charge in [0.1, 0.15) is 0 Å². The van der Waals surface area contributed by atoms with Crippen LogP contribution in [-0.2, 0) is 9.59 Å². The molecule has 0 aromatic heterocycles. The number of nitrogens with two attached hydrogens (primary N) is 2. The number of rotatable bonds is 3. The number of primary amides is 2. The van der Waals surface area contributed by atoms with Gasteiger partial charge in [-0.2, -0.15) is 0 Å². The Balaban J connectivity index is 4.07. The lowest BCUT2D eigenvalue weighted by Gasteiger charge is -2.10. The number of hydrogen-bond acceptors (Lipinski definition) is 2. The summed E-state index contributed by atoms with van der Waals surface area (Å²) in [4.78, 5) is 20.9. The Morgan fingerprint density at radius 1 is 1.30 bits per heavy atom. The molecule has 0 heterocycles. The van der Waals surface area contributed by atoms with Gasteiger partial charge in [0, 0.05) is 0 Å². The molecular weight excluding hydrogens is 132 g/mol. The van der Waals surface area contributed by atoms with Crippen LogP contribution in [0.5, 0.6) is 0 Å². The van der Waals surface area contributed by atoms with E-state index in [0.717, 1.165) is 0 Å². The molecule has 57 valence electrons. The lowest BCUT2D eigenvalue weighted by atomic mass is 9.95. The van der Waals surface area contributed by atoms with Crippen molar-refractivity contribution in [3.05, 3.63) is 5.92 Å². The predicted octanol–water partition coefficient (Wildman–Crippen LogP) is -0.813. The van der Waals surface area contributed by atoms with Crippen LogP contribution in [0.25, 0.3) is 0 Å². The number of hydrogen-bond donors (Lipinski definition) is 2. The summed E-state index contributed by atoms with van der Waals surface area (Å²) in [5.41, 5.74) is 9.80. The summed E-state index contributed by atoms with van der Waals surface area (Å²) in [6.45, 7) is 3.04. The molecule has 0 aromatic rings. The smallest absolute Gasteiger partial charge is 0.225 e. The Morgan fingerprint density at radius 3 is 1.80 bits per heavy atom. The minimum Gasteiger partial charge on any atom is -0.369 e. The molecule has 0 aliphatic carbocycles. The third kappa shape index (κ3) is 2.05. The minimum absolute atomic E-state index is 0.299. The Bertz CT molecular complexity index is 138. The van der Waals surface area contributed by atoms with Crippen LogP contribution in [0.4, 0.5) is 0 Å². The molecule has 4 heteroatoms. The summed E-state index contributed by atoms with van der Waals surface area (Å²) in [6, 6.07) is 0. The highest BCUT2D eigenvalue weighted by Gasteiger charge is 2.22. The van der Waals surface area contributed by atoms with E-state index in [1.165, 1.54) is 6.92 Å². The van der Waals surface area contributed by atoms with Gasteiger partial charge in [-0.15, -0.1) is 0 Å². The van der Waals surface area contributed by atoms with Crippen LogP contribution in [0, 0.1) is 11.8 Å². The van der Waals surface area contributed by atoms with E-state index in [1.807, 2.05) is 0 Å². The molecule has 4 N–H and O–H groups in total. The van der Waals surface area contributed by atoms with Crippen LogP contribution in [0.1, 0.15) is 13.8 Å². The van der Waals surface area contributed by atoms with E-state index in [-0.39, 0.29) is 0 Å². The van der Waals surface area contributed by atoms with Gasteiger partial charge in [-0.25, -0.2) is 0 Å². The second-order valence-corrected chi connectivity index (χ2v) is 2.17. The summed E-state index contributed by atoms with van der Waals surface area (Å²) >= 11 is 0. The second kappa shape index (κ2) is 3.20. The van der Waals surface area contributed by atoms with E-state index in [0.29, 0.717) is 5.92 Å². The Morgan fingerprint density at radius 2 is 1.70 bits per heavy atom. The zero-order chi connectivity index (χ0) is 8.31. The molecule has 0 aliphatic heterocycles. The molecule has 4 nitrogen and oxygen atoms in total. The van der Waals surface area contributed by atoms with Crippen molar-refractivity contribution in [2.75, 3.05) is 0 Å². The summed E-state index contributed by atoms with van der Waals surface area (Å²) in [7, 11) is 0. The van der Waals surface area contributed by atoms with Gasteiger partial charge in [0.2, 0.25) is 11.8 Å². The van der Waals surface area contributed by atoms with Crippen LogP contribution < -0.4 is 11.5 Å². The predicted molar refractivity (Wildman–Crippen MR) is 36.5 cm³/mol. The maximum absolute atomic E-state index is 10.4. The zero-order valence-electron chi connectivity index (χ0n) is 6.05. The van der Waals surface area contributed by atoms with Gasteiger partial charge in [0.15, 0.2) is 0 Å². The van der Waals surface area contributed by atoms with Crippen molar-refractivity contribution in [1.82, 2.24) is 0 Å². The highest BCUT2D eigenvalue weighted by molar-refractivity contribution is 5.94. The normalized spacial score (nSPS) is 13.1. The molecule has 0 spiro atoms. The van der Waals surface area contributed by atoms with E-state index in [1.54, 1.807) is 6.92 Å². The monoisotopic (exact) mass is 143 g/mol. The highest BCUT2D eigenvalue weighted by atomic mass is 16.2. The summed E-state index contributed by atoms with van der Waals surface area (Å²) in [6.07, 6.45) is 0. The molecule has 0 saturated heterocycles. The average Bonchev–Trinajstić information content (AvgIpc) is 1.84. The van der Waals surface area contributed by atoms with Crippen LogP contribution in [0.3, 0.4) is 0 Å². The molecule has 1 atom stereocenters. The molecule has 0 unspecified atom stereocenters. The third-order valence-corrected chi connectivity index (χ3v) is 1.46. The molecule has 1 radical (unpaired) electrons. The summed E-state index contributed by atoms with van der Waals surface area (Å²) in [5.74, 6) is -1.37. The lowest BCUT2D eigenvalue weighted by Crippen LogP contribution is -2.32. The first-order valence-electron chi connectivity index (χ1n) is 2.89. The number of carbonyl (C=O) groups excluding carboxylic acids is 2. The highest BCUT2D eigenvalue weighted by Crippen LogP contribution is 2.10. The van der Waals surface area contributed by atoms with Gasteiger partial charge in [0.25, 0.3) is 0 Å². The van der Waals surface area contributed by atoms with Gasteiger partial charge in [-0.05, 0) is 6.92 Å². The average molecular weight is 143 g/mol. The van der Waals surface area contributed by atoms with Gasteiger partial charge < -0.3 is 11.5 Å². The molecule has 0 rings (SSSR count). The van der Waals surface area contributed by atoms with Crippen molar-refractivity contribution in [3.63, 3.8) is 0 Å². The molecule has 0 bridgehead atoms. The standard InChI is InChI=1S/C6H11N2O2/c1-3(5(7)9)4(2)6(8)10/h3H,1-2H3,(H2,7,9)(H2,8,10)/t3-/m1/s1. The van der Waals surface area contributed by atoms with E-state index < -0.39 is 17.7 Å². The largest absolute Gasteiger partial charge is 0.369 e. The van der Waals surface area contributed by atoms with Gasteiger partial charge in [-0.3, -0.25) is 9.59 Å². The van der Waals surface area contributed by atoms with E-state index in [2.05, 4.69) is 0 Å². The van der Waals surface area contributed by atoms with Crippen LogP contribution in [0.2, 0.25) is 0 Å². The molecule has 2 amide bonds. The van der Waals surface area contributed by atoms with E-state index >= 15 is 0 Å². The minimum atomic E-state index is -0.577. The third-order valence-electron chi connectivity index (χ3n) is 1.46. The number of carbonyl (C=O) groups is 2. The topological polar surface area (TPSA) is 86.2 Å². The van der Waals surface area contributed by atoms with Crippen LogP contribution in [0.15, 0.2) is 0 Å². The maximum Gasteiger partial charge on any atom is 0.225 e. The molecule has 0 fully saturated rings. The fraction of sp³-hybridized carbons (Fsp3) is 0.500. The SMILES string of the molecule is C[C](C(N)=O)[C@@H](C)C(N)=O. The van der Waals surface area contributed by atoms with Crippen molar-refractivity contribution in [1.29, 1.82) is 0 Å². The molecule has 10 heavy (non-hydrogen) atoms. The van der Waals surface area contributed by atoms with Crippen molar-refractivity contribution in [2.24, 2.45) is 17.4 Å². The van der Waals surface area contributed by atoms with Gasteiger partial charge in [-0.1, -0.05) is 6.92 Å². The Labute approximate surface area is 59.6 Å². The van der Waals surface area contributed by atoms with Gasteiger partial charge >= 0.3 is 0 Å². The van der Waals surface area contributed by atoms with Crippen molar-refractivity contribution < 1.29 is 9.59 Å². The second-order valence-electron chi connectivity index (χ2n) is 2.17.